The number of hydrogen-bond acceptors (Lipinski definition) is 2. The SMILES string of the molecule is CNCC(C)CNC(=O)c1ccc2ccccc2c1. The molecule has 0 saturated heterocycles. The summed E-state index contributed by atoms with van der Waals surface area (Å²) in [6, 6.07) is 13.9. The van der Waals surface area contributed by atoms with Crippen LogP contribution in [-0.4, -0.2) is 26.0 Å². The van der Waals surface area contributed by atoms with Crippen LogP contribution in [0.25, 0.3) is 10.8 Å². The molecule has 2 N–H and O–H groups in total. The Kier molecular flexibility index (Phi) is 4.53. The third-order valence-electron chi connectivity index (χ3n) is 3.18. The van der Waals surface area contributed by atoms with Gasteiger partial charge < -0.3 is 10.6 Å². The van der Waals surface area contributed by atoms with E-state index in [0.29, 0.717) is 12.5 Å². The van der Waals surface area contributed by atoms with Crippen molar-refractivity contribution in [3.05, 3.63) is 48.0 Å². The number of carbonyl (C=O) groups excluding carboxylic acids is 1. The van der Waals surface area contributed by atoms with Crippen LogP contribution in [0.3, 0.4) is 0 Å². The summed E-state index contributed by atoms with van der Waals surface area (Å²) in [6.45, 7) is 3.70. The van der Waals surface area contributed by atoms with E-state index in [2.05, 4.69) is 17.6 Å². The average molecular weight is 256 g/mol. The summed E-state index contributed by atoms with van der Waals surface area (Å²) >= 11 is 0. The van der Waals surface area contributed by atoms with Gasteiger partial charge in [-0.2, -0.15) is 0 Å². The molecule has 0 spiro atoms. The number of nitrogens with one attached hydrogen (secondary N) is 2. The van der Waals surface area contributed by atoms with Gasteiger partial charge >= 0.3 is 0 Å². The standard InChI is InChI=1S/C16H20N2O/c1-12(10-17-2)11-18-16(19)15-8-7-13-5-3-4-6-14(13)9-15/h3-9,12,17H,10-11H2,1-2H3,(H,18,19). The van der Waals surface area contributed by atoms with Gasteiger partial charge in [-0.1, -0.05) is 37.3 Å². The lowest BCUT2D eigenvalue weighted by Gasteiger charge is -2.12. The van der Waals surface area contributed by atoms with Gasteiger partial charge in [-0.3, -0.25) is 4.79 Å². The minimum atomic E-state index is -0.00583. The van der Waals surface area contributed by atoms with Crippen molar-refractivity contribution in [2.75, 3.05) is 20.1 Å². The molecule has 1 atom stereocenters. The first-order chi connectivity index (χ1) is 9.20. The highest BCUT2D eigenvalue weighted by molar-refractivity contribution is 5.98. The van der Waals surface area contributed by atoms with Crippen LogP contribution in [0.4, 0.5) is 0 Å². The Balaban J connectivity index is 2.05. The zero-order chi connectivity index (χ0) is 13.7. The summed E-state index contributed by atoms with van der Waals surface area (Å²) in [7, 11) is 1.92. The number of amides is 1. The Morgan fingerprint density at radius 2 is 1.84 bits per heavy atom. The second kappa shape index (κ2) is 6.34. The fourth-order valence-corrected chi connectivity index (χ4v) is 2.12. The molecule has 0 fully saturated rings. The first kappa shape index (κ1) is 13.6. The van der Waals surface area contributed by atoms with Crippen molar-refractivity contribution in [1.29, 1.82) is 0 Å². The van der Waals surface area contributed by atoms with Crippen molar-refractivity contribution in [2.24, 2.45) is 5.92 Å². The van der Waals surface area contributed by atoms with E-state index in [-0.39, 0.29) is 5.91 Å². The monoisotopic (exact) mass is 256 g/mol. The summed E-state index contributed by atoms with van der Waals surface area (Å²) in [6.07, 6.45) is 0. The van der Waals surface area contributed by atoms with Crippen molar-refractivity contribution in [3.8, 4) is 0 Å². The number of hydrogen-bond donors (Lipinski definition) is 2. The molecule has 0 radical (unpaired) electrons. The van der Waals surface area contributed by atoms with Crippen LogP contribution in [0.2, 0.25) is 0 Å². The Morgan fingerprint density at radius 1 is 1.11 bits per heavy atom. The van der Waals surface area contributed by atoms with Gasteiger partial charge in [0.1, 0.15) is 0 Å². The van der Waals surface area contributed by atoms with E-state index in [9.17, 15) is 4.79 Å². The first-order valence-electron chi connectivity index (χ1n) is 6.62. The molecule has 19 heavy (non-hydrogen) atoms. The number of benzene rings is 2. The van der Waals surface area contributed by atoms with E-state index in [1.807, 2.05) is 49.5 Å². The predicted octanol–water partition coefficient (Wildman–Crippen LogP) is 2.43. The molecule has 0 aliphatic rings. The molecule has 2 aromatic carbocycles. The van der Waals surface area contributed by atoms with Gasteiger partial charge in [0.25, 0.3) is 5.91 Å². The summed E-state index contributed by atoms with van der Waals surface area (Å²) in [5.41, 5.74) is 0.718. The van der Waals surface area contributed by atoms with Crippen LogP contribution < -0.4 is 10.6 Å². The zero-order valence-corrected chi connectivity index (χ0v) is 11.4. The molecule has 0 aliphatic carbocycles. The second-order valence-corrected chi connectivity index (χ2v) is 4.93. The minimum Gasteiger partial charge on any atom is -0.352 e. The maximum Gasteiger partial charge on any atom is 0.251 e. The molecule has 3 nitrogen and oxygen atoms in total. The Labute approximate surface area is 114 Å². The van der Waals surface area contributed by atoms with Gasteiger partial charge in [-0.15, -0.1) is 0 Å². The van der Waals surface area contributed by atoms with Gasteiger partial charge in [0.2, 0.25) is 0 Å². The second-order valence-electron chi connectivity index (χ2n) is 4.93. The zero-order valence-electron chi connectivity index (χ0n) is 11.4. The van der Waals surface area contributed by atoms with E-state index in [1.165, 1.54) is 0 Å². The first-order valence-corrected chi connectivity index (χ1v) is 6.62. The summed E-state index contributed by atoms with van der Waals surface area (Å²) in [4.78, 5) is 12.1. The minimum absolute atomic E-state index is 0.00583. The molecular formula is C16H20N2O. The van der Waals surface area contributed by atoms with E-state index in [0.717, 1.165) is 22.9 Å². The van der Waals surface area contributed by atoms with Crippen molar-refractivity contribution >= 4 is 16.7 Å². The molecule has 0 saturated carbocycles. The summed E-state index contributed by atoms with van der Waals surface area (Å²) in [5.74, 6) is 0.420. The van der Waals surface area contributed by atoms with Gasteiger partial charge in [-0.05, 0) is 42.4 Å². The fraction of sp³-hybridized carbons (Fsp3) is 0.312. The maximum atomic E-state index is 12.1. The highest BCUT2D eigenvalue weighted by Crippen LogP contribution is 2.15. The molecule has 100 valence electrons. The third-order valence-corrected chi connectivity index (χ3v) is 3.18. The van der Waals surface area contributed by atoms with Gasteiger partial charge in [0, 0.05) is 12.1 Å². The van der Waals surface area contributed by atoms with Gasteiger partial charge in [0.15, 0.2) is 0 Å². The molecule has 1 amide bonds. The molecule has 0 bridgehead atoms. The number of rotatable bonds is 5. The molecule has 0 aromatic heterocycles. The van der Waals surface area contributed by atoms with Crippen LogP contribution >= 0.6 is 0 Å². The third kappa shape index (κ3) is 3.55. The number of carbonyl (C=O) groups is 1. The molecule has 3 heteroatoms. The molecule has 0 aliphatic heterocycles. The Morgan fingerprint density at radius 3 is 2.58 bits per heavy atom. The maximum absolute atomic E-state index is 12.1. The van der Waals surface area contributed by atoms with Crippen LogP contribution in [0.5, 0.6) is 0 Å². The summed E-state index contributed by atoms with van der Waals surface area (Å²) < 4.78 is 0. The normalized spacial score (nSPS) is 12.3. The van der Waals surface area contributed by atoms with Crippen LogP contribution in [0, 0.1) is 5.92 Å². The van der Waals surface area contributed by atoms with E-state index >= 15 is 0 Å². The van der Waals surface area contributed by atoms with Gasteiger partial charge in [0.05, 0.1) is 0 Å². The average Bonchev–Trinajstić information content (AvgIpc) is 2.44. The topological polar surface area (TPSA) is 41.1 Å². The highest BCUT2D eigenvalue weighted by Gasteiger charge is 2.07. The van der Waals surface area contributed by atoms with Crippen molar-refractivity contribution in [3.63, 3.8) is 0 Å². The van der Waals surface area contributed by atoms with Crippen LogP contribution in [0.15, 0.2) is 42.5 Å². The van der Waals surface area contributed by atoms with Crippen LogP contribution in [-0.2, 0) is 0 Å². The smallest absolute Gasteiger partial charge is 0.251 e. The Hall–Kier alpha value is -1.87. The predicted molar refractivity (Wildman–Crippen MR) is 79.4 cm³/mol. The fourth-order valence-electron chi connectivity index (χ4n) is 2.12. The lowest BCUT2D eigenvalue weighted by Crippen LogP contribution is -2.32. The van der Waals surface area contributed by atoms with E-state index in [4.69, 9.17) is 0 Å². The Bertz CT molecular complexity index is 565. The van der Waals surface area contributed by atoms with Crippen molar-refractivity contribution < 1.29 is 4.79 Å². The summed E-state index contributed by atoms with van der Waals surface area (Å²) in [5, 5.41) is 8.32. The molecule has 0 heterocycles. The quantitative estimate of drug-likeness (QED) is 0.862. The number of fused-ring (bicyclic) bond motifs is 1. The lowest BCUT2D eigenvalue weighted by atomic mass is 10.1. The molecule has 2 rings (SSSR count). The lowest BCUT2D eigenvalue weighted by molar-refractivity contribution is 0.0948. The van der Waals surface area contributed by atoms with Crippen molar-refractivity contribution in [1.82, 2.24) is 10.6 Å². The van der Waals surface area contributed by atoms with Crippen molar-refractivity contribution in [2.45, 2.75) is 6.92 Å². The van der Waals surface area contributed by atoms with E-state index < -0.39 is 0 Å². The molecule has 2 aromatic rings. The molecular weight excluding hydrogens is 236 g/mol. The largest absolute Gasteiger partial charge is 0.352 e. The van der Waals surface area contributed by atoms with E-state index in [1.54, 1.807) is 0 Å². The highest BCUT2D eigenvalue weighted by atomic mass is 16.1. The van der Waals surface area contributed by atoms with Crippen LogP contribution in [0.1, 0.15) is 17.3 Å². The molecule has 1 unspecified atom stereocenters. The van der Waals surface area contributed by atoms with Gasteiger partial charge in [-0.25, -0.2) is 0 Å².